The molecule has 2 aromatic carbocycles. The van der Waals surface area contributed by atoms with Crippen molar-refractivity contribution in [1.82, 2.24) is 0 Å². The Kier molecular flexibility index (Phi) is 4.09. The van der Waals surface area contributed by atoms with Crippen molar-refractivity contribution in [3.8, 4) is 18.1 Å². The van der Waals surface area contributed by atoms with Crippen molar-refractivity contribution in [3.05, 3.63) is 65.2 Å². The van der Waals surface area contributed by atoms with Crippen LogP contribution in [-0.2, 0) is 12.2 Å². The van der Waals surface area contributed by atoms with E-state index in [-0.39, 0.29) is 6.61 Å². The minimum absolute atomic E-state index is 0.0443. The Morgan fingerprint density at radius 2 is 1.55 bits per heavy atom. The van der Waals surface area contributed by atoms with Crippen LogP contribution >= 0.6 is 0 Å². The molecule has 1 atom stereocenters. The molecule has 0 heterocycles. The van der Waals surface area contributed by atoms with Gasteiger partial charge in [-0.1, -0.05) is 42.3 Å². The Bertz CT molecular complexity index is 559. The van der Waals surface area contributed by atoms with Gasteiger partial charge in [-0.25, -0.2) is 0 Å². The molecule has 0 saturated heterocycles. The van der Waals surface area contributed by atoms with E-state index >= 15 is 0 Å². The van der Waals surface area contributed by atoms with Crippen LogP contribution in [0.3, 0.4) is 0 Å². The highest BCUT2D eigenvalue weighted by Gasteiger charge is 2.29. The number of terminal acetylenes is 1. The molecule has 0 bridgehead atoms. The van der Waals surface area contributed by atoms with Crippen molar-refractivity contribution in [3.63, 3.8) is 0 Å². The van der Waals surface area contributed by atoms with Gasteiger partial charge in [0.1, 0.15) is 5.75 Å². The van der Waals surface area contributed by atoms with E-state index < -0.39 is 5.60 Å². The Balaban J connectivity index is 2.43. The summed E-state index contributed by atoms with van der Waals surface area (Å²) in [5.41, 5.74) is 0.447. The highest BCUT2D eigenvalue weighted by atomic mass is 16.5. The van der Waals surface area contributed by atoms with Gasteiger partial charge in [-0.3, -0.25) is 0 Å². The second kappa shape index (κ2) is 5.79. The van der Waals surface area contributed by atoms with Crippen molar-refractivity contribution in [2.75, 3.05) is 7.11 Å². The van der Waals surface area contributed by atoms with Crippen LogP contribution < -0.4 is 4.74 Å². The molecular weight excluding hydrogens is 252 g/mol. The predicted octanol–water partition coefficient (Wildman–Crippen LogP) is 2.06. The molecule has 0 radical (unpaired) electrons. The lowest BCUT2D eigenvalue weighted by molar-refractivity contribution is 0.145. The highest BCUT2D eigenvalue weighted by molar-refractivity contribution is 5.45. The summed E-state index contributed by atoms with van der Waals surface area (Å²) in [6.07, 6.45) is 5.53. The minimum atomic E-state index is -1.50. The third kappa shape index (κ3) is 2.53. The molecule has 20 heavy (non-hydrogen) atoms. The third-order valence-electron chi connectivity index (χ3n) is 3.27. The van der Waals surface area contributed by atoms with Gasteiger partial charge in [-0.2, -0.15) is 0 Å². The van der Waals surface area contributed by atoms with E-state index in [9.17, 15) is 5.11 Å². The lowest BCUT2D eigenvalue weighted by Gasteiger charge is -2.23. The smallest absolute Gasteiger partial charge is 0.176 e. The average Bonchev–Trinajstić information content (AvgIpc) is 2.54. The van der Waals surface area contributed by atoms with Gasteiger partial charge in [0.2, 0.25) is 0 Å². The van der Waals surface area contributed by atoms with E-state index in [1.54, 1.807) is 55.6 Å². The zero-order valence-corrected chi connectivity index (χ0v) is 11.2. The van der Waals surface area contributed by atoms with Crippen molar-refractivity contribution >= 4 is 0 Å². The monoisotopic (exact) mass is 268 g/mol. The summed E-state index contributed by atoms with van der Waals surface area (Å²) in [6, 6.07) is 13.9. The van der Waals surface area contributed by atoms with E-state index in [4.69, 9.17) is 16.3 Å². The third-order valence-corrected chi connectivity index (χ3v) is 3.27. The van der Waals surface area contributed by atoms with Gasteiger partial charge >= 0.3 is 0 Å². The topological polar surface area (TPSA) is 49.7 Å². The maximum atomic E-state index is 10.8. The zero-order chi connectivity index (χ0) is 14.6. The fourth-order valence-electron chi connectivity index (χ4n) is 2.02. The fourth-order valence-corrected chi connectivity index (χ4v) is 2.02. The second-order valence-electron chi connectivity index (χ2n) is 4.44. The number of rotatable bonds is 4. The SMILES string of the molecule is C#CC(O)(c1ccc(CO)cc1)c1ccc(OC)cc1. The van der Waals surface area contributed by atoms with Gasteiger partial charge < -0.3 is 14.9 Å². The zero-order valence-electron chi connectivity index (χ0n) is 11.2. The normalized spacial score (nSPS) is 13.3. The number of hydrogen-bond donors (Lipinski definition) is 2. The molecular formula is C17H16O3. The van der Waals surface area contributed by atoms with Crippen LogP contribution in [0.25, 0.3) is 0 Å². The maximum absolute atomic E-state index is 10.8. The van der Waals surface area contributed by atoms with E-state index in [0.717, 1.165) is 5.56 Å². The Morgan fingerprint density at radius 1 is 1.05 bits per heavy atom. The molecule has 0 aliphatic carbocycles. The lowest BCUT2D eigenvalue weighted by Crippen LogP contribution is -2.25. The lowest BCUT2D eigenvalue weighted by atomic mass is 9.87. The van der Waals surface area contributed by atoms with Crippen molar-refractivity contribution in [2.24, 2.45) is 0 Å². The van der Waals surface area contributed by atoms with Crippen LogP contribution in [0, 0.1) is 12.3 Å². The predicted molar refractivity (Wildman–Crippen MR) is 77.2 cm³/mol. The summed E-state index contributed by atoms with van der Waals surface area (Å²) in [6.45, 7) is -0.0443. The molecule has 0 saturated carbocycles. The number of aliphatic hydroxyl groups is 2. The quantitative estimate of drug-likeness (QED) is 0.834. The molecule has 0 aliphatic rings. The van der Waals surface area contributed by atoms with Crippen LogP contribution in [0.4, 0.5) is 0 Å². The molecule has 3 heteroatoms. The van der Waals surface area contributed by atoms with E-state index in [1.807, 2.05) is 0 Å². The Hall–Kier alpha value is -2.28. The van der Waals surface area contributed by atoms with Crippen molar-refractivity contribution in [2.45, 2.75) is 12.2 Å². The molecule has 0 aromatic heterocycles. The minimum Gasteiger partial charge on any atom is -0.497 e. The summed E-state index contributed by atoms with van der Waals surface area (Å²) in [5.74, 6) is 3.14. The van der Waals surface area contributed by atoms with Gasteiger partial charge in [0, 0.05) is 11.1 Å². The second-order valence-corrected chi connectivity index (χ2v) is 4.44. The first-order valence-corrected chi connectivity index (χ1v) is 6.19. The molecule has 102 valence electrons. The average molecular weight is 268 g/mol. The first-order valence-electron chi connectivity index (χ1n) is 6.19. The number of ether oxygens (including phenoxy) is 1. The summed E-state index contributed by atoms with van der Waals surface area (Å²) in [4.78, 5) is 0. The molecule has 2 N–H and O–H groups in total. The van der Waals surface area contributed by atoms with Crippen LogP contribution in [0.2, 0.25) is 0 Å². The first-order chi connectivity index (χ1) is 9.63. The van der Waals surface area contributed by atoms with Crippen molar-refractivity contribution < 1.29 is 14.9 Å². The molecule has 0 spiro atoms. The van der Waals surface area contributed by atoms with Gasteiger partial charge in [-0.15, -0.1) is 6.42 Å². The van der Waals surface area contributed by atoms with E-state index in [1.165, 1.54) is 0 Å². The highest BCUT2D eigenvalue weighted by Crippen LogP contribution is 2.30. The van der Waals surface area contributed by atoms with Gasteiger partial charge in [-0.05, 0) is 17.7 Å². The Morgan fingerprint density at radius 3 is 1.95 bits per heavy atom. The van der Waals surface area contributed by atoms with Gasteiger partial charge in [0.05, 0.1) is 13.7 Å². The first kappa shape index (κ1) is 14.1. The molecule has 0 amide bonds. The molecule has 2 aromatic rings. The number of methoxy groups -OCH3 is 1. The van der Waals surface area contributed by atoms with E-state index in [0.29, 0.717) is 16.9 Å². The molecule has 3 nitrogen and oxygen atoms in total. The molecule has 0 aliphatic heterocycles. The number of benzene rings is 2. The standard InChI is InChI=1S/C17H16O3/c1-3-17(19,14-6-4-13(12-18)5-7-14)15-8-10-16(20-2)11-9-15/h1,4-11,18-19H,12H2,2H3. The summed E-state index contributed by atoms with van der Waals surface area (Å²) in [5, 5.41) is 19.8. The summed E-state index contributed by atoms with van der Waals surface area (Å²) < 4.78 is 5.09. The van der Waals surface area contributed by atoms with Gasteiger partial charge in [0.25, 0.3) is 0 Å². The summed E-state index contributed by atoms with van der Waals surface area (Å²) >= 11 is 0. The fraction of sp³-hybridized carbons (Fsp3) is 0.176. The van der Waals surface area contributed by atoms with Gasteiger partial charge in [0.15, 0.2) is 5.60 Å². The summed E-state index contributed by atoms with van der Waals surface area (Å²) in [7, 11) is 1.58. The molecule has 1 unspecified atom stereocenters. The molecule has 2 rings (SSSR count). The molecule has 0 fully saturated rings. The van der Waals surface area contributed by atoms with Crippen LogP contribution in [0.1, 0.15) is 16.7 Å². The van der Waals surface area contributed by atoms with E-state index in [2.05, 4.69) is 5.92 Å². The maximum Gasteiger partial charge on any atom is 0.176 e. The van der Waals surface area contributed by atoms with Crippen molar-refractivity contribution in [1.29, 1.82) is 0 Å². The van der Waals surface area contributed by atoms with Crippen LogP contribution in [0.5, 0.6) is 5.75 Å². The number of hydrogen-bond acceptors (Lipinski definition) is 3. The van der Waals surface area contributed by atoms with Crippen LogP contribution in [0.15, 0.2) is 48.5 Å². The van der Waals surface area contributed by atoms with Crippen LogP contribution in [-0.4, -0.2) is 17.3 Å². The number of aliphatic hydroxyl groups excluding tert-OH is 1. The Labute approximate surface area is 118 Å². The largest absolute Gasteiger partial charge is 0.497 e.